The minimum absolute atomic E-state index is 0.145. The van der Waals surface area contributed by atoms with E-state index in [4.69, 9.17) is 10.2 Å². The molecule has 346 valence electrons. The van der Waals surface area contributed by atoms with Crippen molar-refractivity contribution >= 4 is 63.9 Å². The van der Waals surface area contributed by atoms with Crippen molar-refractivity contribution in [3.05, 3.63) is 156 Å². The molecule has 0 heterocycles. The molecule has 15 nitrogen and oxygen atoms in total. The number of hydroxylamine groups is 2. The number of aliphatic carboxylic acids is 1. The summed E-state index contributed by atoms with van der Waals surface area (Å²) in [6.07, 6.45) is 11.9. The minimum Gasteiger partial charge on any atom is -0.481 e. The molecule has 0 saturated carbocycles. The van der Waals surface area contributed by atoms with Crippen LogP contribution in [0, 0.1) is 5.41 Å². The fourth-order valence-electron chi connectivity index (χ4n) is 7.07. The van der Waals surface area contributed by atoms with Crippen molar-refractivity contribution in [1.82, 2.24) is 0 Å². The molecule has 0 bridgehead atoms. The van der Waals surface area contributed by atoms with Gasteiger partial charge >= 0.3 is 5.97 Å². The number of ketones is 2. The van der Waals surface area contributed by atoms with Crippen LogP contribution in [0.25, 0.3) is 0 Å². The molecule has 0 radical (unpaired) electrons. The number of amides is 4. The van der Waals surface area contributed by atoms with Crippen molar-refractivity contribution in [2.45, 2.75) is 78.1 Å². The average molecular weight is 901 g/mol. The number of rotatable bonds is 25. The minimum atomic E-state index is -1.06. The average Bonchev–Trinajstić information content (AvgIpc) is 3.31. The van der Waals surface area contributed by atoms with Crippen molar-refractivity contribution < 1.29 is 54.2 Å². The second-order valence-corrected chi connectivity index (χ2v) is 15.9. The lowest BCUT2D eigenvalue weighted by atomic mass is 9.70. The monoisotopic (exact) mass is 900 g/mol. The summed E-state index contributed by atoms with van der Waals surface area (Å²) in [6, 6.07) is 28.9. The first-order chi connectivity index (χ1) is 31.5. The summed E-state index contributed by atoms with van der Waals surface area (Å²) in [7, 11) is 0. The fraction of sp³-hybridized carbons (Fsp3) is 0.275. The van der Waals surface area contributed by atoms with E-state index >= 15 is 0 Å². The Labute approximate surface area is 383 Å². The molecule has 0 unspecified atom stereocenters. The SMILES string of the molecule is CC(=O)/C=C\C(=O)N(O)c1ccc(CCC(CCc2ccc(NC(=O)/C=C\CO)cc2)(CCc2ccc(NC(=O)CCC(=O)O)cc2)CCc2ccc(N(O)C(=O)/C=C\C(C)=O)cc2)cc1. The molecule has 0 fully saturated rings. The van der Waals surface area contributed by atoms with Gasteiger partial charge in [-0.1, -0.05) is 54.6 Å². The highest BCUT2D eigenvalue weighted by Gasteiger charge is 2.30. The van der Waals surface area contributed by atoms with Crippen LogP contribution < -0.4 is 20.8 Å². The number of nitrogens with one attached hydrogen (secondary N) is 2. The Morgan fingerprint density at radius 3 is 1.23 bits per heavy atom. The molecule has 4 aromatic rings. The first-order valence-electron chi connectivity index (χ1n) is 21.4. The quantitative estimate of drug-likeness (QED) is 0.0216. The van der Waals surface area contributed by atoms with Gasteiger partial charge in [-0.15, -0.1) is 0 Å². The Kier molecular flexibility index (Phi) is 20.1. The van der Waals surface area contributed by atoms with Gasteiger partial charge in [0.2, 0.25) is 11.8 Å². The summed E-state index contributed by atoms with van der Waals surface area (Å²) in [5, 5.41) is 45.4. The van der Waals surface area contributed by atoms with Crippen molar-refractivity contribution in [1.29, 1.82) is 0 Å². The molecule has 6 N–H and O–H groups in total. The third-order valence-corrected chi connectivity index (χ3v) is 10.9. The Bertz CT molecular complexity index is 2300. The van der Waals surface area contributed by atoms with Crippen LogP contribution >= 0.6 is 0 Å². The van der Waals surface area contributed by atoms with E-state index in [0.717, 1.165) is 72.2 Å². The van der Waals surface area contributed by atoms with Crippen molar-refractivity contribution in [2.24, 2.45) is 5.41 Å². The highest BCUT2D eigenvalue weighted by atomic mass is 16.5. The van der Waals surface area contributed by atoms with Gasteiger partial charge in [-0.3, -0.25) is 44.0 Å². The zero-order valence-corrected chi connectivity index (χ0v) is 37.0. The third-order valence-electron chi connectivity index (χ3n) is 10.9. The van der Waals surface area contributed by atoms with Crippen LogP contribution in [-0.4, -0.2) is 68.4 Å². The number of aryl methyl sites for hydroxylation is 4. The maximum atomic E-state index is 12.4. The highest BCUT2D eigenvalue weighted by Crippen LogP contribution is 2.40. The predicted octanol–water partition coefficient (Wildman–Crippen LogP) is 7.53. The van der Waals surface area contributed by atoms with Gasteiger partial charge in [-0.2, -0.15) is 10.1 Å². The number of allylic oxidation sites excluding steroid dienone is 2. The molecule has 0 atom stereocenters. The number of hydrogen-bond acceptors (Lipinski definition) is 10. The van der Waals surface area contributed by atoms with E-state index in [0.29, 0.717) is 47.2 Å². The number of carbonyl (C=O) groups excluding carboxylic acids is 6. The molecule has 0 aliphatic heterocycles. The lowest BCUT2D eigenvalue weighted by Crippen LogP contribution is -2.26. The predicted molar refractivity (Wildman–Crippen MR) is 250 cm³/mol. The second-order valence-electron chi connectivity index (χ2n) is 15.9. The Balaban J connectivity index is 1.64. The number of carboxylic acid groups (broad SMARTS) is 1. The Hall–Kier alpha value is -7.33. The van der Waals surface area contributed by atoms with E-state index in [2.05, 4.69) is 10.6 Å². The van der Waals surface area contributed by atoms with Gasteiger partial charge in [0.05, 0.1) is 24.4 Å². The van der Waals surface area contributed by atoms with E-state index in [9.17, 15) is 44.0 Å². The highest BCUT2D eigenvalue weighted by molar-refractivity contribution is 6.04. The molecule has 4 rings (SSSR count). The first kappa shape index (κ1) is 51.3. The van der Waals surface area contributed by atoms with Crippen LogP contribution in [-0.2, 0) is 59.2 Å². The van der Waals surface area contributed by atoms with E-state index in [1.165, 1.54) is 26.0 Å². The Morgan fingerprint density at radius 1 is 0.515 bits per heavy atom. The van der Waals surface area contributed by atoms with Crippen molar-refractivity contribution in [3.8, 4) is 0 Å². The molecular formula is C51H56N4O11. The fourth-order valence-corrected chi connectivity index (χ4v) is 7.07. The van der Waals surface area contributed by atoms with Crippen molar-refractivity contribution in [2.75, 3.05) is 27.4 Å². The van der Waals surface area contributed by atoms with Crippen molar-refractivity contribution in [3.63, 3.8) is 0 Å². The number of nitrogens with zero attached hydrogens (tertiary/aromatic N) is 2. The lowest BCUT2D eigenvalue weighted by Gasteiger charge is -2.35. The number of carbonyl (C=O) groups is 7. The van der Waals surface area contributed by atoms with Gasteiger partial charge in [0, 0.05) is 36.0 Å². The van der Waals surface area contributed by atoms with Crippen LogP contribution in [0.15, 0.2) is 134 Å². The molecule has 4 amide bonds. The molecule has 66 heavy (non-hydrogen) atoms. The molecular weight excluding hydrogens is 845 g/mol. The second kappa shape index (κ2) is 25.8. The lowest BCUT2D eigenvalue weighted by molar-refractivity contribution is -0.138. The molecule has 0 saturated heterocycles. The van der Waals surface area contributed by atoms with Gasteiger partial charge in [0.15, 0.2) is 11.6 Å². The molecule has 4 aromatic carbocycles. The molecule has 0 aromatic heterocycles. The number of anilines is 4. The maximum Gasteiger partial charge on any atom is 0.303 e. The largest absolute Gasteiger partial charge is 0.481 e. The summed E-state index contributed by atoms with van der Waals surface area (Å²) in [4.78, 5) is 83.0. The number of benzene rings is 4. The number of hydrogen-bond donors (Lipinski definition) is 6. The van der Waals surface area contributed by atoms with Gasteiger partial charge in [-0.25, -0.2) is 0 Å². The molecule has 0 aliphatic rings. The standard InChI is InChI=1S/C51H56N4O11/c1-36(57)5-24-48(61)54(65)44-19-11-40(12-20-44)29-33-51(31-27-38-7-15-42(16-8-38)52-46(59)4-3-35-56,32-28-39-9-17-43(18-10-39)53-47(60)23-26-50(63)64)34-30-41-13-21-45(22-14-41)55(66)49(62)25-6-37(2)58/h3-22,24-25,56,65-66H,23,26-35H2,1-2H3,(H,52,59)(H,53,60)(H,63,64)/b4-3-,24-5-,25-6-. The normalized spacial score (nSPS) is 11.5. The van der Waals surface area contributed by atoms with Gasteiger partial charge in [-0.05, 0) is 154 Å². The van der Waals surface area contributed by atoms with E-state index in [-0.39, 0.29) is 53.7 Å². The van der Waals surface area contributed by atoms with Crippen LogP contribution in [0.4, 0.5) is 22.7 Å². The maximum absolute atomic E-state index is 12.4. The van der Waals surface area contributed by atoms with Crippen LogP contribution in [0.2, 0.25) is 0 Å². The van der Waals surface area contributed by atoms with Gasteiger partial charge < -0.3 is 20.8 Å². The van der Waals surface area contributed by atoms with E-state index in [1.807, 2.05) is 60.7 Å². The van der Waals surface area contributed by atoms with Crippen LogP contribution in [0.5, 0.6) is 0 Å². The number of carboxylic acids is 1. The smallest absolute Gasteiger partial charge is 0.303 e. The summed E-state index contributed by atoms with van der Waals surface area (Å²) < 4.78 is 0. The van der Waals surface area contributed by atoms with Crippen LogP contribution in [0.1, 0.15) is 74.6 Å². The molecule has 0 spiro atoms. The summed E-state index contributed by atoms with van der Waals surface area (Å²) in [5.74, 6) is -4.02. The zero-order chi connectivity index (χ0) is 48.1. The number of aliphatic hydroxyl groups excluding tert-OH is 1. The third kappa shape index (κ3) is 17.7. The van der Waals surface area contributed by atoms with E-state index < -0.39 is 23.7 Å². The Morgan fingerprint density at radius 2 is 0.879 bits per heavy atom. The number of aliphatic hydroxyl groups is 1. The van der Waals surface area contributed by atoms with Gasteiger partial charge in [0.25, 0.3) is 11.8 Å². The molecule has 0 aliphatic carbocycles. The summed E-state index contributed by atoms with van der Waals surface area (Å²) in [6.45, 7) is 2.34. The summed E-state index contributed by atoms with van der Waals surface area (Å²) in [5.41, 5.74) is 5.27. The van der Waals surface area contributed by atoms with Crippen LogP contribution in [0.3, 0.4) is 0 Å². The molecule has 15 heteroatoms. The summed E-state index contributed by atoms with van der Waals surface area (Å²) >= 11 is 0. The first-order valence-corrected chi connectivity index (χ1v) is 21.4. The zero-order valence-electron chi connectivity index (χ0n) is 37.0. The van der Waals surface area contributed by atoms with E-state index in [1.54, 1.807) is 36.4 Å². The topological polar surface area (TPSA) is 231 Å². The van der Waals surface area contributed by atoms with Gasteiger partial charge in [0.1, 0.15) is 0 Å².